The Morgan fingerprint density at radius 3 is 2.80 bits per heavy atom. The van der Waals surface area contributed by atoms with E-state index in [1.54, 1.807) is 18.9 Å². The number of aryl methyl sites for hydroxylation is 1. The molecule has 1 unspecified atom stereocenters. The third kappa shape index (κ3) is 2.79. The van der Waals surface area contributed by atoms with Gasteiger partial charge in [0.25, 0.3) is 0 Å². The van der Waals surface area contributed by atoms with Crippen LogP contribution in [0.1, 0.15) is 18.5 Å². The maximum absolute atomic E-state index is 11.2. The van der Waals surface area contributed by atoms with Gasteiger partial charge in [-0.05, 0) is 33.4 Å². The summed E-state index contributed by atoms with van der Waals surface area (Å²) in [5.41, 5.74) is 5.85. The van der Waals surface area contributed by atoms with E-state index in [2.05, 4.69) is 21.9 Å². The first-order chi connectivity index (χ1) is 9.40. The third-order valence-electron chi connectivity index (χ3n) is 3.76. The monoisotopic (exact) mass is 280 g/mol. The molecule has 0 spiro atoms. The molecule has 1 aromatic rings. The quantitative estimate of drug-likeness (QED) is 0.643. The van der Waals surface area contributed by atoms with Crippen molar-refractivity contribution in [3.63, 3.8) is 0 Å². The number of aromatic nitrogens is 2. The summed E-state index contributed by atoms with van der Waals surface area (Å²) in [5.74, 6) is 0.357. The zero-order chi connectivity index (χ0) is 14.9. The lowest BCUT2D eigenvalue weighted by atomic mass is 10.2. The number of nitro groups is 1. The molecular weight excluding hydrogens is 260 g/mol. The summed E-state index contributed by atoms with van der Waals surface area (Å²) in [5, 5.41) is 11.2. The molecule has 1 aromatic heterocycles. The van der Waals surface area contributed by atoms with Gasteiger partial charge < -0.3 is 15.5 Å². The number of nitrogens with zero attached hydrogens (tertiary/aromatic N) is 5. The van der Waals surface area contributed by atoms with Crippen LogP contribution in [-0.2, 0) is 0 Å². The molecule has 2 rings (SSSR count). The minimum absolute atomic E-state index is 0.0646. The number of likely N-dealkylation sites (tertiary alicyclic amines) is 1. The number of rotatable bonds is 4. The maximum atomic E-state index is 11.2. The molecule has 2 N–H and O–H groups in total. The van der Waals surface area contributed by atoms with Crippen molar-refractivity contribution in [2.75, 3.05) is 37.8 Å². The third-order valence-corrected chi connectivity index (χ3v) is 3.76. The van der Waals surface area contributed by atoms with Gasteiger partial charge in [0.1, 0.15) is 5.69 Å². The molecule has 2 heterocycles. The van der Waals surface area contributed by atoms with E-state index >= 15 is 0 Å². The van der Waals surface area contributed by atoms with Gasteiger partial charge in [-0.25, -0.2) is 4.98 Å². The number of hydrogen-bond donors (Lipinski definition) is 1. The SMILES string of the molecule is Cc1nc(N)nc(N(C)CC2CCCN2C)c1[N+](=O)[O-]. The fraction of sp³-hybridized carbons (Fsp3) is 0.667. The molecule has 1 atom stereocenters. The minimum Gasteiger partial charge on any atom is -0.368 e. The predicted molar refractivity (Wildman–Crippen MR) is 76.8 cm³/mol. The van der Waals surface area contributed by atoms with E-state index in [1.807, 2.05) is 0 Å². The first-order valence-corrected chi connectivity index (χ1v) is 6.60. The van der Waals surface area contributed by atoms with Crippen molar-refractivity contribution in [1.82, 2.24) is 14.9 Å². The van der Waals surface area contributed by atoms with Crippen LogP contribution in [-0.4, -0.2) is 53.0 Å². The van der Waals surface area contributed by atoms with Crippen molar-refractivity contribution >= 4 is 17.5 Å². The normalized spacial score (nSPS) is 19.2. The summed E-state index contributed by atoms with van der Waals surface area (Å²) in [7, 11) is 3.87. The van der Waals surface area contributed by atoms with Gasteiger partial charge in [0.05, 0.1) is 4.92 Å². The predicted octanol–water partition coefficient (Wildman–Crippen LogP) is 0.806. The van der Waals surface area contributed by atoms with Crippen molar-refractivity contribution in [3.8, 4) is 0 Å². The zero-order valence-electron chi connectivity index (χ0n) is 12.0. The van der Waals surface area contributed by atoms with E-state index < -0.39 is 4.92 Å². The molecule has 20 heavy (non-hydrogen) atoms. The molecule has 1 saturated heterocycles. The molecule has 0 bridgehead atoms. The number of nitrogen functional groups attached to an aromatic ring is 1. The van der Waals surface area contributed by atoms with E-state index in [0.717, 1.165) is 19.4 Å². The molecule has 0 aliphatic carbocycles. The Labute approximate surface area is 117 Å². The first-order valence-electron chi connectivity index (χ1n) is 6.60. The lowest BCUT2D eigenvalue weighted by Crippen LogP contribution is -2.37. The van der Waals surface area contributed by atoms with Crippen LogP contribution in [0, 0.1) is 17.0 Å². The highest BCUT2D eigenvalue weighted by Crippen LogP contribution is 2.29. The van der Waals surface area contributed by atoms with Crippen LogP contribution in [0.2, 0.25) is 0 Å². The van der Waals surface area contributed by atoms with Gasteiger partial charge in [-0.2, -0.15) is 4.98 Å². The van der Waals surface area contributed by atoms with Crippen molar-refractivity contribution < 1.29 is 4.92 Å². The number of likely N-dealkylation sites (N-methyl/N-ethyl adjacent to an activating group) is 2. The lowest BCUT2D eigenvalue weighted by Gasteiger charge is -2.26. The van der Waals surface area contributed by atoms with Crippen LogP contribution >= 0.6 is 0 Å². The van der Waals surface area contributed by atoms with E-state index in [9.17, 15) is 10.1 Å². The first kappa shape index (κ1) is 14.4. The summed E-state index contributed by atoms with van der Waals surface area (Å²) < 4.78 is 0. The molecular formula is C12H20N6O2. The summed E-state index contributed by atoms with van der Waals surface area (Å²) in [6.45, 7) is 3.33. The highest BCUT2D eigenvalue weighted by molar-refractivity contribution is 5.61. The Morgan fingerprint density at radius 2 is 2.25 bits per heavy atom. The van der Waals surface area contributed by atoms with E-state index in [4.69, 9.17) is 5.73 Å². The second kappa shape index (κ2) is 5.58. The minimum atomic E-state index is -0.445. The van der Waals surface area contributed by atoms with Gasteiger partial charge in [0, 0.05) is 19.6 Å². The van der Waals surface area contributed by atoms with Gasteiger partial charge in [-0.3, -0.25) is 10.1 Å². The van der Waals surface area contributed by atoms with Gasteiger partial charge in [-0.15, -0.1) is 0 Å². The molecule has 1 aliphatic rings. The Hall–Kier alpha value is -1.96. The van der Waals surface area contributed by atoms with E-state index in [-0.39, 0.29) is 11.6 Å². The van der Waals surface area contributed by atoms with Gasteiger partial charge in [0.2, 0.25) is 11.8 Å². The second-order valence-corrected chi connectivity index (χ2v) is 5.25. The smallest absolute Gasteiger partial charge is 0.332 e. The fourth-order valence-electron chi connectivity index (χ4n) is 2.67. The maximum Gasteiger partial charge on any atom is 0.332 e. The van der Waals surface area contributed by atoms with Gasteiger partial charge >= 0.3 is 5.69 Å². The standard InChI is InChI=1S/C12H20N6O2/c1-8-10(18(19)20)11(15-12(13)14-8)17(3)7-9-5-4-6-16(9)2/h9H,4-7H2,1-3H3,(H2,13,14,15). The van der Waals surface area contributed by atoms with Crippen LogP contribution in [0.5, 0.6) is 0 Å². The molecule has 110 valence electrons. The molecule has 0 saturated carbocycles. The average Bonchev–Trinajstić information content (AvgIpc) is 2.73. The van der Waals surface area contributed by atoms with Crippen LogP contribution in [0.15, 0.2) is 0 Å². The largest absolute Gasteiger partial charge is 0.368 e. The molecule has 8 nitrogen and oxygen atoms in total. The van der Waals surface area contributed by atoms with Gasteiger partial charge in [-0.1, -0.05) is 0 Å². The Balaban J connectivity index is 2.28. The second-order valence-electron chi connectivity index (χ2n) is 5.25. The van der Waals surface area contributed by atoms with E-state index in [1.165, 1.54) is 0 Å². The van der Waals surface area contributed by atoms with Gasteiger partial charge in [0.15, 0.2) is 0 Å². The highest BCUT2D eigenvalue weighted by Gasteiger charge is 2.28. The van der Waals surface area contributed by atoms with Crippen molar-refractivity contribution in [1.29, 1.82) is 0 Å². The van der Waals surface area contributed by atoms with Crippen LogP contribution in [0.3, 0.4) is 0 Å². The zero-order valence-corrected chi connectivity index (χ0v) is 12.0. The topological polar surface area (TPSA) is 101 Å². The highest BCUT2D eigenvalue weighted by atomic mass is 16.6. The fourth-order valence-corrected chi connectivity index (χ4v) is 2.67. The molecule has 1 fully saturated rings. The number of nitrogens with two attached hydrogens (primary N) is 1. The van der Waals surface area contributed by atoms with Crippen molar-refractivity contribution in [2.24, 2.45) is 0 Å². The summed E-state index contributed by atoms with van der Waals surface area (Å²) in [4.78, 5) is 22.8. The lowest BCUT2D eigenvalue weighted by molar-refractivity contribution is -0.385. The summed E-state index contributed by atoms with van der Waals surface area (Å²) in [6.07, 6.45) is 2.25. The van der Waals surface area contributed by atoms with Crippen LogP contribution in [0.4, 0.5) is 17.5 Å². The Bertz CT molecular complexity index is 521. The number of hydrogen-bond acceptors (Lipinski definition) is 7. The van der Waals surface area contributed by atoms with Crippen molar-refractivity contribution in [3.05, 3.63) is 15.8 Å². The average molecular weight is 280 g/mol. The molecule has 0 radical (unpaired) electrons. The van der Waals surface area contributed by atoms with Crippen LogP contribution < -0.4 is 10.6 Å². The molecule has 0 amide bonds. The number of anilines is 2. The summed E-state index contributed by atoms with van der Waals surface area (Å²) in [6, 6.07) is 0.385. The summed E-state index contributed by atoms with van der Waals surface area (Å²) >= 11 is 0. The molecule has 0 aromatic carbocycles. The molecule has 8 heteroatoms. The van der Waals surface area contributed by atoms with Crippen molar-refractivity contribution in [2.45, 2.75) is 25.8 Å². The van der Waals surface area contributed by atoms with Crippen LogP contribution in [0.25, 0.3) is 0 Å². The van der Waals surface area contributed by atoms with E-state index in [0.29, 0.717) is 24.1 Å². The molecule has 1 aliphatic heterocycles. The Morgan fingerprint density at radius 1 is 1.55 bits per heavy atom. The Kier molecular flexibility index (Phi) is 4.03.